The Bertz CT molecular complexity index is 453. The molecule has 1 heterocycles. The Hall–Kier alpha value is -1.39. The summed E-state index contributed by atoms with van der Waals surface area (Å²) in [5, 5.41) is 3.27. The van der Waals surface area contributed by atoms with Crippen molar-refractivity contribution in [1.82, 2.24) is 15.1 Å². The summed E-state index contributed by atoms with van der Waals surface area (Å²) in [7, 11) is 4.15. The molecule has 1 N–H and O–H groups in total. The predicted octanol–water partition coefficient (Wildman–Crippen LogP) is 2.01. The molecule has 1 aromatic rings. The standard InChI is InChI=1S/C19H31N3O/c1-21(2)12-6-11-20-16-19(23)22-13-9-18(10-14-22)15-17-7-4-3-5-8-17/h3-5,7-8,18,20H,6,9-16H2,1-2H3. The van der Waals surface area contributed by atoms with Crippen LogP contribution in [0.3, 0.4) is 0 Å². The van der Waals surface area contributed by atoms with Gasteiger partial charge in [-0.25, -0.2) is 0 Å². The van der Waals surface area contributed by atoms with Crippen molar-refractivity contribution in [3.8, 4) is 0 Å². The second-order valence-electron chi connectivity index (χ2n) is 6.85. The number of hydrogen-bond acceptors (Lipinski definition) is 3. The third kappa shape index (κ3) is 6.71. The Morgan fingerprint density at radius 3 is 2.57 bits per heavy atom. The zero-order valence-corrected chi connectivity index (χ0v) is 14.6. The molecule has 1 fully saturated rings. The minimum atomic E-state index is 0.257. The predicted molar refractivity (Wildman–Crippen MR) is 95.5 cm³/mol. The Balaban J connectivity index is 1.61. The van der Waals surface area contributed by atoms with Gasteiger partial charge in [0.25, 0.3) is 0 Å². The normalized spacial score (nSPS) is 16.0. The summed E-state index contributed by atoms with van der Waals surface area (Å²) in [6, 6.07) is 10.7. The van der Waals surface area contributed by atoms with Crippen molar-refractivity contribution in [2.24, 2.45) is 5.92 Å². The van der Waals surface area contributed by atoms with Gasteiger partial charge in [-0.1, -0.05) is 30.3 Å². The van der Waals surface area contributed by atoms with Crippen LogP contribution in [-0.4, -0.2) is 62.5 Å². The topological polar surface area (TPSA) is 35.6 Å². The fraction of sp³-hybridized carbons (Fsp3) is 0.632. The van der Waals surface area contributed by atoms with Crippen LogP contribution >= 0.6 is 0 Å². The summed E-state index contributed by atoms with van der Waals surface area (Å²) in [6.45, 7) is 4.28. The van der Waals surface area contributed by atoms with Gasteiger partial charge in [-0.2, -0.15) is 0 Å². The SMILES string of the molecule is CN(C)CCCNCC(=O)N1CCC(Cc2ccccc2)CC1. The van der Waals surface area contributed by atoms with Gasteiger partial charge in [0.15, 0.2) is 0 Å². The number of hydrogen-bond donors (Lipinski definition) is 1. The molecule has 2 rings (SSSR count). The molecule has 0 spiro atoms. The number of nitrogens with zero attached hydrogens (tertiary/aromatic N) is 2. The first-order valence-corrected chi connectivity index (χ1v) is 8.82. The lowest BCUT2D eigenvalue weighted by Gasteiger charge is -2.32. The zero-order valence-electron chi connectivity index (χ0n) is 14.6. The van der Waals surface area contributed by atoms with Gasteiger partial charge in [0.05, 0.1) is 6.54 Å². The lowest BCUT2D eigenvalue weighted by Crippen LogP contribution is -2.43. The number of carbonyl (C=O) groups excluding carboxylic acids is 1. The summed E-state index contributed by atoms with van der Waals surface area (Å²) < 4.78 is 0. The highest BCUT2D eigenvalue weighted by Gasteiger charge is 2.22. The molecule has 1 aliphatic heterocycles. The number of piperidine rings is 1. The van der Waals surface area contributed by atoms with Gasteiger partial charge in [-0.3, -0.25) is 4.79 Å². The molecule has 0 aromatic heterocycles. The lowest BCUT2D eigenvalue weighted by atomic mass is 9.90. The smallest absolute Gasteiger partial charge is 0.236 e. The quantitative estimate of drug-likeness (QED) is 0.745. The third-order valence-electron chi connectivity index (χ3n) is 4.57. The van der Waals surface area contributed by atoms with Crippen LogP contribution < -0.4 is 5.32 Å². The van der Waals surface area contributed by atoms with E-state index in [-0.39, 0.29) is 5.91 Å². The highest BCUT2D eigenvalue weighted by atomic mass is 16.2. The zero-order chi connectivity index (χ0) is 16.5. The largest absolute Gasteiger partial charge is 0.342 e. The molecule has 4 heteroatoms. The Labute approximate surface area is 140 Å². The van der Waals surface area contributed by atoms with Crippen molar-refractivity contribution in [3.63, 3.8) is 0 Å². The van der Waals surface area contributed by atoms with Crippen molar-refractivity contribution in [2.45, 2.75) is 25.7 Å². The van der Waals surface area contributed by atoms with Crippen LogP contribution in [0.15, 0.2) is 30.3 Å². The Morgan fingerprint density at radius 1 is 1.22 bits per heavy atom. The number of nitrogens with one attached hydrogen (secondary N) is 1. The van der Waals surface area contributed by atoms with Gasteiger partial charge in [0.2, 0.25) is 5.91 Å². The van der Waals surface area contributed by atoms with E-state index in [0.29, 0.717) is 6.54 Å². The second-order valence-corrected chi connectivity index (χ2v) is 6.85. The van der Waals surface area contributed by atoms with Gasteiger partial charge in [-0.05, 0) is 64.3 Å². The van der Waals surface area contributed by atoms with Crippen LogP contribution in [0, 0.1) is 5.92 Å². The van der Waals surface area contributed by atoms with E-state index in [1.807, 2.05) is 4.90 Å². The first-order chi connectivity index (χ1) is 11.1. The maximum atomic E-state index is 12.2. The number of likely N-dealkylation sites (tertiary alicyclic amines) is 1. The monoisotopic (exact) mass is 317 g/mol. The molecule has 1 aliphatic rings. The Kier molecular flexibility index (Phi) is 7.56. The van der Waals surface area contributed by atoms with E-state index in [0.717, 1.165) is 57.8 Å². The van der Waals surface area contributed by atoms with E-state index in [1.54, 1.807) is 0 Å². The maximum Gasteiger partial charge on any atom is 0.236 e. The van der Waals surface area contributed by atoms with E-state index >= 15 is 0 Å². The molecule has 23 heavy (non-hydrogen) atoms. The van der Waals surface area contributed by atoms with Crippen LogP contribution in [0.5, 0.6) is 0 Å². The van der Waals surface area contributed by atoms with E-state index in [2.05, 4.69) is 54.6 Å². The molecule has 128 valence electrons. The van der Waals surface area contributed by atoms with Crippen LogP contribution in [0.1, 0.15) is 24.8 Å². The van der Waals surface area contributed by atoms with Crippen LogP contribution in [0.25, 0.3) is 0 Å². The molecule has 0 unspecified atom stereocenters. The summed E-state index contributed by atoms with van der Waals surface area (Å²) in [5.74, 6) is 0.975. The molecular weight excluding hydrogens is 286 g/mol. The lowest BCUT2D eigenvalue weighted by molar-refractivity contribution is -0.131. The number of carbonyl (C=O) groups is 1. The number of rotatable bonds is 8. The van der Waals surface area contributed by atoms with Gasteiger partial charge in [-0.15, -0.1) is 0 Å². The molecule has 4 nitrogen and oxygen atoms in total. The summed E-state index contributed by atoms with van der Waals surface area (Å²) >= 11 is 0. The van der Waals surface area contributed by atoms with E-state index in [1.165, 1.54) is 5.56 Å². The molecule has 1 aromatic carbocycles. The number of benzene rings is 1. The van der Waals surface area contributed by atoms with Crippen molar-refractivity contribution in [2.75, 3.05) is 46.8 Å². The molecule has 0 saturated carbocycles. The summed E-state index contributed by atoms with van der Waals surface area (Å²) in [4.78, 5) is 16.4. The molecule has 1 amide bonds. The van der Waals surface area contributed by atoms with Crippen LogP contribution in [-0.2, 0) is 11.2 Å². The fourth-order valence-electron chi connectivity index (χ4n) is 3.16. The van der Waals surface area contributed by atoms with Crippen molar-refractivity contribution in [3.05, 3.63) is 35.9 Å². The molecule has 1 saturated heterocycles. The molecule has 0 radical (unpaired) electrons. The van der Waals surface area contributed by atoms with Crippen molar-refractivity contribution < 1.29 is 4.79 Å². The van der Waals surface area contributed by atoms with Gasteiger partial charge in [0, 0.05) is 13.1 Å². The second kappa shape index (κ2) is 9.68. The maximum absolute atomic E-state index is 12.2. The fourth-order valence-corrected chi connectivity index (χ4v) is 3.16. The van der Waals surface area contributed by atoms with Crippen LogP contribution in [0.2, 0.25) is 0 Å². The van der Waals surface area contributed by atoms with E-state index in [9.17, 15) is 4.79 Å². The minimum Gasteiger partial charge on any atom is -0.342 e. The molecule has 0 aliphatic carbocycles. The third-order valence-corrected chi connectivity index (χ3v) is 4.57. The number of amides is 1. The highest BCUT2D eigenvalue weighted by Crippen LogP contribution is 2.21. The minimum absolute atomic E-state index is 0.257. The summed E-state index contributed by atoms with van der Waals surface area (Å²) in [6.07, 6.45) is 4.48. The van der Waals surface area contributed by atoms with Crippen molar-refractivity contribution in [1.29, 1.82) is 0 Å². The first-order valence-electron chi connectivity index (χ1n) is 8.82. The van der Waals surface area contributed by atoms with Gasteiger partial charge in [0.1, 0.15) is 0 Å². The molecular formula is C19H31N3O. The van der Waals surface area contributed by atoms with Crippen LogP contribution in [0.4, 0.5) is 0 Å². The molecule has 0 bridgehead atoms. The Morgan fingerprint density at radius 2 is 1.91 bits per heavy atom. The van der Waals surface area contributed by atoms with Crippen molar-refractivity contribution >= 4 is 5.91 Å². The van der Waals surface area contributed by atoms with Gasteiger partial charge >= 0.3 is 0 Å². The molecule has 0 atom stereocenters. The van der Waals surface area contributed by atoms with E-state index < -0.39 is 0 Å². The van der Waals surface area contributed by atoms with Gasteiger partial charge < -0.3 is 15.1 Å². The summed E-state index contributed by atoms with van der Waals surface area (Å²) in [5.41, 5.74) is 1.42. The average Bonchev–Trinajstić information content (AvgIpc) is 2.56. The first kappa shape index (κ1) is 18.0. The average molecular weight is 317 g/mol. The highest BCUT2D eigenvalue weighted by molar-refractivity contribution is 5.78. The van der Waals surface area contributed by atoms with E-state index in [4.69, 9.17) is 0 Å².